The third-order valence-corrected chi connectivity index (χ3v) is 3.36. The zero-order valence-corrected chi connectivity index (χ0v) is 12.0. The minimum Gasteiger partial charge on any atom is -0.318 e. The van der Waals surface area contributed by atoms with E-state index in [-0.39, 0.29) is 17.1 Å². The first-order valence-corrected chi connectivity index (χ1v) is 6.41. The Morgan fingerprint density at radius 3 is 2.13 bits per heavy atom. The first-order chi connectivity index (χ1) is 10.4. The molecule has 1 aromatic heterocycles. The van der Waals surface area contributed by atoms with E-state index in [1.807, 2.05) is 0 Å². The molecule has 0 aliphatic heterocycles. The monoisotopic (exact) mass is 335 g/mol. The number of hydrogen-bond donors (Lipinski definition) is 0. The SMILES string of the molecule is Cc1cc(C(=O)C(F)(F)F)c(C)n1-c1cccc(C(F)(F)F)c1. The minimum absolute atomic E-state index is 0.0380. The quantitative estimate of drug-likeness (QED) is 0.568. The van der Waals surface area contributed by atoms with Crippen molar-refractivity contribution in [3.63, 3.8) is 0 Å². The molecule has 0 spiro atoms. The lowest BCUT2D eigenvalue weighted by Crippen LogP contribution is -2.23. The number of halogens is 6. The predicted octanol–water partition coefficient (Wildman–Crippen LogP) is 4.86. The Morgan fingerprint density at radius 1 is 1.00 bits per heavy atom. The van der Waals surface area contributed by atoms with E-state index in [1.165, 1.54) is 24.5 Å². The molecule has 1 heterocycles. The summed E-state index contributed by atoms with van der Waals surface area (Å²) in [5, 5.41) is 0. The molecule has 2 aromatic rings. The molecule has 0 unspecified atom stereocenters. The second kappa shape index (κ2) is 5.43. The second-order valence-corrected chi connectivity index (χ2v) is 5.00. The van der Waals surface area contributed by atoms with Crippen molar-refractivity contribution in [1.29, 1.82) is 0 Å². The third-order valence-electron chi connectivity index (χ3n) is 3.36. The summed E-state index contributed by atoms with van der Waals surface area (Å²) >= 11 is 0. The number of benzene rings is 1. The summed E-state index contributed by atoms with van der Waals surface area (Å²) in [5.74, 6) is -2.02. The molecule has 0 saturated heterocycles. The molecule has 0 aliphatic rings. The molecule has 1 aromatic carbocycles. The summed E-state index contributed by atoms with van der Waals surface area (Å²) in [6, 6.07) is 5.19. The molecule has 0 fully saturated rings. The summed E-state index contributed by atoms with van der Waals surface area (Å²) in [6.07, 6.45) is -9.62. The van der Waals surface area contributed by atoms with Crippen LogP contribution in [0, 0.1) is 13.8 Å². The van der Waals surface area contributed by atoms with Gasteiger partial charge in [-0.15, -0.1) is 0 Å². The number of alkyl halides is 6. The van der Waals surface area contributed by atoms with Crippen LogP contribution in [-0.2, 0) is 6.18 Å². The van der Waals surface area contributed by atoms with Gasteiger partial charge >= 0.3 is 12.4 Å². The van der Waals surface area contributed by atoms with Crippen molar-refractivity contribution in [2.45, 2.75) is 26.2 Å². The third kappa shape index (κ3) is 3.25. The number of aryl methyl sites for hydroxylation is 1. The van der Waals surface area contributed by atoms with Crippen molar-refractivity contribution in [2.75, 3.05) is 0 Å². The smallest absolute Gasteiger partial charge is 0.318 e. The van der Waals surface area contributed by atoms with Gasteiger partial charge in [-0.25, -0.2) is 0 Å². The number of rotatable bonds is 2. The molecule has 0 N–H and O–H groups in total. The Kier molecular flexibility index (Phi) is 4.04. The van der Waals surface area contributed by atoms with Gasteiger partial charge in [0.25, 0.3) is 5.78 Å². The van der Waals surface area contributed by atoms with E-state index in [0.29, 0.717) is 0 Å². The molecule has 0 atom stereocenters. The van der Waals surface area contributed by atoms with E-state index in [0.717, 1.165) is 24.3 Å². The maximum Gasteiger partial charge on any atom is 0.454 e. The van der Waals surface area contributed by atoms with E-state index in [2.05, 4.69) is 0 Å². The number of nitrogens with zero attached hydrogens (tertiary/aromatic N) is 1. The Bertz CT molecular complexity index is 754. The van der Waals surface area contributed by atoms with Crippen LogP contribution >= 0.6 is 0 Å². The van der Waals surface area contributed by atoms with Gasteiger partial charge < -0.3 is 4.57 Å². The zero-order chi connectivity index (χ0) is 17.6. The van der Waals surface area contributed by atoms with E-state index in [4.69, 9.17) is 0 Å². The average molecular weight is 335 g/mol. The highest BCUT2D eigenvalue weighted by atomic mass is 19.4. The van der Waals surface area contributed by atoms with Crippen molar-refractivity contribution in [3.05, 3.63) is 52.8 Å². The number of hydrogen-bond acceptors (Lipinski definition) is 1. The molecular weight excluding hydrogens is 324 g/mol. The van der Waals surface area contributed by atoms with Crippen molar-refractivity contribution < 1.29 is 31.1 Å². The van der Waals surface area contributed by atoms with Crippen LogP contribution in [-0.4, -0.2) is 16.5 Å². The maximum absolute atomic E-state index is 12.8. The molecule has 2 nitrogen and oxygen atoms in total. The van der Waals surface area contributed by atoms with Crippen molar-refractivity contribution in [3.8, 4) is 5.69 Å². The first kappa shape index (κ1) is 17.1. The molecule has 0 radical (unpaired) electrons. The summed E-state index contributed by atoms with van der Waals surface area (Å²) in [6.45, 7) is 2.67. The lowest BCUT2D eigenvalue weighted by molar-refractivity contribution is -0.137. The average Bonchev–Trinajstić information content (AvgIpc) is 2.71. The number of Topliss-reactive ketones (excluding diaryl/α,β-unsaturated/α-hetero) is 1. The largest absolute Gasteiger partial charge is 0.454 e. The molecule has 0 amide bonds. The Morgan fingerprint density at radius 2 is 1.61 bits per heavy atom. The van der Waals surface area contributed by atoms with Crippen LogP contribution in [0.15, 0.2) is 30.3 Å². The van der Waals surface area contributed by atoms with Gasteiger partial charge in [-0.05, 0) is 38.1 Å². The predicted molar refractivity (Wildman–Crippen MR) is 70.6 cm³/mol. The standard InChI is InChI=1S/C15H11F6NO/c1-8-6-12(13(23)15(19,20)21)9(2)22(8)11-5-3-4-10(7-11)14(16,17)18/h3-7H,1-2H3. The molecule has 0 saturated carbocycles. The van der Waals surface area contributed by atoms with Gasteiger partial charge in [-0.2, -0.15) is 26.3 Å². The van der Waals surface area contributed by atoms with E-state index in [9.17, 15) is 31.1 Å². The molecule has 8 heteroatoms. The van der Waals surface area contributed by atoms with Crippen LogP contribution in [0.1, 0.15) is 27.3 Å². The van der Waals surface area contributed by atoms with Gasteiger partial charge in [-0.3, -0.25) is 4.79 Å². The fourth-order valence-corrected chi connectivity index (χ4v) is 2.36. The Labute approximate surface area is 127 Å². The summed E-state index contributed by atoms with van der Waals surface area (Å²) in [4.78, 5) is 11.4. The Balaban J connectivity index is 2.59. The van der Waals surface area contributed by atoms with Gasteiger partial charge in [0.2, 0.25) is 0 Å². The highest BCUT2D eigenvalue weighted by Gasteiger charge is 2.41. The lowest BCUT2D eigenvalue weighted by atomic mass is 10.1. The molecule has 23 heavy (non-hydrogen) atoms. The van der Waals surface area contributed by atoms with Gasteiger partial charge in [-0.1, -0.05) is 6.07 Å². The Hall–Kier alpha value is -2.25. The van der Waals surface area contributed by atoms with Gasteiger partial charge in [0, 0.05) is 22.6 Å². The highest BCUT2D eigenvalue weighted by Crippen LogP contribution is 2.32. The van der Waals surface area contributed by atoms with Crippen molar-refractivity contribution in [1.82, 2.24) is 4.57 Å². The van der Waals surface area contributed by atoms with Crippen LogP contribution in [0.25, 0.3) is 5.69 Å². The van der Waals surface area contributed by atoms with E-state index in [1.54, 1.807) is 0 Å². The first-order valence-electron chi connectivity index (χ1n) is 6.41. The number of carbonyl (C=O) groups is 1. The maximum atomic E-state index is 12.8. The van der Waals surface area contributed by atoms with Crippen LogP contribution < -0.4 is 0 Å². The fourth-order valence-electron chi connectivity index (χ4n) is 2.36. The fraction of sp³-hybridized carbons (Fsp3) is 0.267. The van der Waals surface area contributed by atoms with Gasteiger partial charge in [0.1, 0.15) is 0 Å². The summed E-state index contributed by atoms with van der Waals surface area (Å²) in [5.41, 5.74) is -1.30. The van der Waals surface area contributed by atoms with Crippen molar-refractivity contribution >= 4 is 5.78 Å². The van der Waals surface area contributed by atoms with Gasteiger partial charge in [0.05, 0.1) is 5.56 Å². The second-order valence-electron chi connectivity index (χ2n) is 5.00. The van der Waals surface area contributed by atoms with Crippen LogP contribution in [0.5, 0.6) is 0 Å². The van der Waals surface area contributed by atoms with Crippen molar-refractivity contribution in [2.24, 2.45) is 0 Å². The highest BCUT2D eigenvalue weighted by molar-refractivity contribution is 6.01. The molecule has 0 bridgehead atoms. The van der Waals surface area contributed by atoms with Gasteiger partial charge in [0.15, 0.2) is 0 Å². The van der Waals surface area contributed by atoms with E-state index < -0.39 is 29.3 Å². The van der Waals surface area contributed by atoms with Crippen LogP contribution in [0.4, 0.5) is 26.3 Å². The van der Waals surface area contributed by atoms with Crippen LogP contribution in [0.2, 0.25) is 0 Å². The minimum atomic E-state index is -5.04. The molecular formula is C15H11F6NO. The molecule has 124 valence electrons. The molecule has 2 rings (SSSR count). The lowest BCUT2D eigenvalue weighted by Gasteiger charge is -2.13. The molecule has 0 aliphatic carbocycles. The normalized spacial score (nSPS) is 12.5. The van der Waals surface area contributed by atoms with E-state index >= 15 is 0 Å². The zero-order valence-electron chi connectivity index (χ0n) is 12.0. The summed E-state index contributed by atoms with van der Waals surface area (Å²) < 4.78 is 77.2. The number of ketones is 1. The topological polar surface area (TPSA) is 22.0 Å². The number of carbonyl (C=O) groups excluding carboxylic acids is 1. The van der Waals surface area contributed by atoms with Crippen LogP contribution in [0.3, 0.4) is 0 Å². The number of aromatic nitrogens is 1. The summed E-state index contributed by atoms with van der Waals surface area (Å²) in [7, 11) is 0.